The van der Waals surface area contributed by atoms with Crippen LogP contribution in [0.4, 0.5) is 13.2 Å². The number of primary amides is 1. The molecule has 2 amide bonds. The van der Waals surface area contributed by atoms with Gasteiger partial charge in [-0.2, -0.15) is 23.0 Å². The van der Waals surface area contributed by atoms with Crippen molar-refractivity contribution in [1.29, 1.82) is 0 Å². The van der Waals surface area contributed by atoms with E-state index in [0.29, 0.717) is 6.07 Å². The number of aromatic nitrogens is 5. The topological polar surface area (TPSA) is 163 Å². The van der Waals surface area contributed by atoms with E-state index in [0.717, 1.165) is 30.9 Å². The number of amides is 2. The summed E-state index contributed by atoms with van der Waals surface area (Å²) in [4.78, 5) is 34.5. The summed E-state index contributed by atoms with van der Waals surface area (Å²) in [5.41, 5.74) is -0.719. The summed E-state index contributed by atoms with van der Waals surface area (Å²) in [6, 6.07) is 3.95. The van der Waals surface area contributed by atoms with E-state index < -0.39 is 38.1 Å². The van der Waals surface area contributed by atoms with E-state index in [2.05, 4.69) is 25.4 Å². The monoisotopic (exact) mass is 469 g/mol. The Labute approximate surface area is 178 Å². The van der Waals surface area contributed by atoms with Crippen molar-refractivity contribution < 1.29 is 31.2 Å². The molecule has 0 saturated heterocycles. The summed E-state index contributed by atoms with van der Waals surface area (Å²) in [7, 11) is -5.62. The molecule has 2 aromatic heterocycles. The van der Waals surface area contributed by atoms with Crippen LogP contribution in [-0.2, 0) is 9.84 Å². The third-order valence-electron chi connectivity index (χ3n) is 4.14. The van der Waals surface area contributed by atoms with Crippen molar-refractivity contribution in [3.63, 3.8) is 0 Å². The first-order chi connectivity index (χ1) is 14.9. The number of hydrogen-bond donors (Lipinski definition) is 2. The molecule has 3 rings (SSSR count). The van der Waals surface area contributed by atoms with E-state index in [1.165, 1.54) is 17.7 Å². The largest absolute Gasteiger partial charge is 0.501 e. The molecule has 0 aliphatic carbocycles. The van der Waals surface area contributed by atoms with E-state index in [9.17, 15) is 31.2 Å². The fourth-order valence-electron chi connectivity index (χ4n) is 2.60. The van der Waals surface area contributed by atoms with Gasteiger partial charge >= 0.3 is 5.51 Å². The number of sulfone groups is 1. The summed E-state index contributed by atoms with van der Waals surface area (Å²) >= 11 is 0. The van der Waals surface area contributed by atoms with Crippen LogP contribution in [0.1, 0.15) is 39.6 Å². The molecule has 0 spiro atoms. The van der Waals surface area contributed by atoms with E-state index in [4.69, 9.17) is 5.73 Å². The molecule has 1 aromatic carbocycles. The van der Waals surface area contributed by atoms with Crippen LogP contribution in [0.15, 0.2) is 47.9 Å². The Bertz CT molecular complexity index is 1290. The van der Waals surface area contributed by atoms with Crippen molar-refractivity contribution in [2.24, 2.45) is 5.73 Å². The number of carbonyl (C=O) groups excluding carboxylic acids is 2. The number of carbonyl (C=O) groups is 2. The van der Waals surface area contributed by atoms with Crippen LogP contribution < -0.4 is 11.1 Å². The second-order valence-electron chi connectivity index (χ2n) is 6.33. The molecular weight excluding hydrogens is 455 g/mol. The molecule has 3 N–H and O–H groups in total. The number of hydrogen-bond acceptors (Lipinski definition) is 8. The fourth-order valence-corrected chi connectivity index (χ4v) is 3.41. The lowest BCUT2D eigenvalue weighted by atomic mass is 10.2. The summed E-state index contributed by atoms with van der Waals surface area (Å²) in [5.74, 6) is -1.37. The highest BCUT2D eigenvalue weighted by molar-refractivity contribution is 7.92. The lowest BCUT2D eigenvalue weighted by Crippen LogP contribution is -2.29. The number of nitrogens with one attached hydrogen (secondary N) is 1. The summed E-state index contributed by atoms with van der Waals surface area (Å²) in [6.45, 7) is 1.50. The average Bonchev–Trinajstić information content (AvgIpc) is 3.23. The molecule has 0 radical (unpaired) electrons. The maximum Gasteiger partial charge on any atom is 0.501 e. The van der Waals surface area contributed by atoms with Gasteiger partial charge in [0.25, 0.3) is 21.7 Å². The van der Waals surface area contributed by atoms with Gasteiger partial charge in [-0.3, -0.25) is 9.59 Å². The van der Waals surface area contributed by atoms with Crippen LogP contribution in [0.2, 0.25) is 0 Å². The molecule has 3 aromatic rings. The highest BCUT2D eigenvalue weighted by atomic mass is 32.2. The smallest absolute Gasteiger partial charge is 0.364 e. The predicted molar refractivity (Wildman–Crippen MR) is 101 cm³/mol. The Morgan fingerprint density at radius 2 is 1.84 bits per heavy atom. The maximum atomic E-state index is 12.8. The van der Waals surface area contributed by atoms with Gasteiger partial charge in [0.2, 0.25) is 0 Å². The molecule has 2 heterocycles. The number of alkyl halides is 3. The van der Waals surface area contributed by atoms with Gasteiger partial charge in [0, 0.05) is 11.6 Å². The third-order valence-corrected chi connectivity index (χ3v) is 5.63. The lowest BCUT2D eigenvalue weighted by Gasteiger charge is -2.15. The summed E-state index contributed by atoms with van der Waals surface area (Å²) in [5, 5.41) is 6.46. The zero-order valence-electron chi connectivity index (χ0n) is 16.1. The molecule has 0 bridgehead atoms. The van der Waals surface area contributed by atoms with Crippen molar-refractivity contribution >= 4 is 21.7 Å². The maximum absolute atomic E-state index is 12.8. The standard InChI is InChI=1S/C17H14F3N7O4S/c1-9(15-24-8-25-27(15)13-6-12(14(21)28)22-7-23-13)26-16(29)10-3-2-4-11(5-10)32(30,31)17(18,19)20/h2-9H,1H3,(H2,21,28)(H,26,29)/t9-/m0/s1. The zero-order valence-corrected chi connectivity index (χ0v) is 16.9. The third kappa shape index (κ3) is 4.41. The molecule has 1 atom stereocenters. The number of halogens is 3. The van der Waals surface area contributed by atoms with Gasteiger partial charge in [-0.15, -0.1) is 0 Å². The highest BCUT2D eigenvalue weighted by Crippen LogP contribution is 2.30. The van der Waals surface area contributed by atoms with Gasteiger partial charge in [0.1, 0.15) is 18.3 Å². The van der Waals surface area contributed by atoms with Crippen LogP contribution in [0.25, 0.3) is 5.82 Å². The molecule has 11 nitrogen and oxygen atoms in total. The van der Waals surface area contributed by atoms with Crippen LogP contribution in [0, 0.1) is 0 Å². The SMILES string of the molecule is C[C@H](NC(=O)c1cccc(S(=O)(=O)C(F)(F)F)c1)c1ncnn1-c1cc(C(N)=O)ncn1. The molecule has 0 unspecified atom stereocenters. The molecule has 0 saturated carbocycles. The minimum atomic E-state index is -5.62. The first-order valence-corrected chi connectivity index (χ1v) is 10.1. The second kappa shape index (κ2) is 8.33. The number of nitrogens with two attached hydrogens (primary N) is 1. The minimum absolute atomic E-state index is 0.0872. The van der Waals surface area contributed by atoms with E-state index >= 15 is 0 Å². The second-order valence-corrected chi connectivity index (χ2v) is 8.27. The van der Waals surface area contributed by atoms with Gasteiger partial charge in [-0.25, -0.2) is 23.4 Å². The number of rotatable bonds is 6. The van der Waals surface area contributed by atoms with Crippen molar-refractivity contribution in [2.45, 2.75) is 23.4 Å². The fraction of sp³-hybridized carbons (Fsp3) is 0.176. The quantitative estimate of drug-likeness (QED) is 0.539. The Morgan fingerprint density at radius 3 is 2.50 bits per heavy atom. The lowest BCUT2D eigenvalue weighted by molar-refractivity contribution is -0.0436. The molecule has 168 valence electrons. The predicted octanol–water partition coefficient (Wildman–Crippen LogP) is 0.941. The molecular formula is C17H14F3N7O4S. The van der Waals surface area contributed by atoms with Gasteiger partial charge in [-0.05, 0) is 25.1 Å². The van der Waals surface area contributed by atoms with Crippen molar-refractivity contribution in [2.75, 3.05) is 0 Å². The first-order valence-electron chi connectivity index (χ1n) is 8.66. The number of benzene rings is 1. The van der Waals surface area contributed by atoms with Crippen LogP contribution in [0.3, 0.4) is 0 Å². The Hall–Kier alpha value is -3.88. The molecule has 32 heavy (non-hydrogen) atoms. The van der Waals surface area contributed by atoms with Gasteiger partial charge in [0.05, 0.1) is 10.9 Å². The van der Waals surface area contributed by atoms with E-state index in [1.807, 2.05) is 0 Å². The summed E-state index contributed by atoms with van der Waals surface area (Å²) in [6.07, 6.45) is 2.23. The molecule has 0 fully saturated rings. The van der Waals surface area contributed by atoms with Gasteiger partial charge in [0.15, 0.2) is 11.6 Å². The van der Waals surface area contributed by atoms with Crippen LogP contribution >= 0.6 is 0 Å². The zero-order chi connectivity index (χ0) is 23.7. The van der Waals surface area contributed by atoms with Crippen molar-refractivity contribution in [3.8, 4) is 5.82 Å². The van der Waals surface area contributed by atoms with E-state index in [-0.39, 0.29) is 22.9 Å². The molecule has 0 aliphatic heterocycles. The summed E-state index contributed by atoms with van der Waals surface area (Å²) < 4.78 is 62.7. The van der Waals surface area contributed by atoms with Crippen LogP contribution in [-0.4, -0.2) is 50.5 Å². The van der Waals surface area contributed by atoms with E-state index in [1.54, 1.807) is 0 Å². The van der Waals surface area contributed by atoms with Gasteiger partial charge in [-0.1, -0.05) is 6.07 Å². The average molecular weight is 469 g/mol. The highest BCUT2D eigenvalue weighted by Gasteiger charge is 2.47. The number of nitrogens with zero attached hydrogens (tertiary/aromatic N) is 5. The van der Waals surface area contributed by atoms with Crippen molar-refractivity contribution in [1.82, 2.24) is 30.0 Å². The van der Waals surface area contributed by atoms with Crippen molar-refractivity contribution in [3.05, 3.63) is 60.1 Å². The Balaban J connectivity index is 1.86. The normalized spacial score (nSPS) is 12.9. The molecule has 15 heteroatoms. The minimum Gasteiger partial charge on any atom is -0.364 e. The first kappa shape index (κ1) is 22.8. The van der Waals surface area contributed by atoms with Crippen LogP contribution in [0.5, 0.6) is 0 Å². The van der Waals surface area contributed by atoms with Gasteiger partial charge < -0.3 is 11.1 Å². The Kier molecular flexibility index (Phi) is 5.94. The molecule has 0 aliphatic rings. The Morgan fingerprint density at radius 1 is 1.12 bits per heavy atom.